The lowest BCUT2D eigenvalue weighted by Crippen LogP contribution is -2.09. The van der Waals surface area contributed by atoms with Crippen LogP contribution in [-0.2, 0) is 0 Å². The Morgan fingerprint density at radius 2 is 0.533 bits per heavy atom. The van der Waals surface area contributed by atoms with Crippen LogP contribution in [0.25, 0.3) is 77.5 Å². The Morgan fingerprint density at radius 3 is 0.917 bits per heavy atom. The van der Waals surface area contributed by atoms with Gasteiger partial charge in [-0.25, -0.2) is 0 Å². The van der Waals surface area contributed by atoms with Gasteiger partial charge in [0, 0.05) is 28.2 Å². The van der Waals surface area contributed by atoms with E-state index in [1.165, 1.54) is 44.2 Å². The van der Waals surface area contributed by atoms with Gasteiger partial charge in [0.2, 0.25) is 0 Å². The summed E-state index contributed by atoms with van der Waals surface area (Å²) < 4.78 is 6.81. The van der Waals surface area contributed by atoms with Gasteiger partial charge in [-0.2, -0.15) is 0 Å². The fourth-order valence-corrected chi connectivity index (χ4v) is 8.57. The first-order valence-electron chi connectivity index (χ1n) is 20.5. The van der Waals surface area contributed by atoms with Crippen molar-refractivity contribution in [2.45, 2.75) is 0 Å². The van der Waals surface area contributed by atoms with Gasteiger partial charge in [-0.05, 0) is 139 Å². The highest BCUT2D eigenvalue weighted by atomic mass is 16.5. The summed E-state index contributed by atoms with van der Waals surface area (Å²) in [7, 11) is 0. The van der Waals surface area contributed by atoms with Crippen molar-refractivity contribution >= 4 is 27.8 Å². The minimum absolute atomic E-state index is 0.849. The summed E-state index contributed by atoms with van der Waals surface area (Å²) in [5, 5.41) is 2.41. The molecule has 0 saturated heterocycles. The molecule has 2 nitrogen and oxygen atoms in total. The molecule has 0 amide bonds. The average Bonchev–Trinajstić information content (AvgIpc) is 3.46. The molecule has 0 unspecified atom stereocenters. The van der Waals surface area contributed by atoms with Crippen molar-refractivity contribution in [3.8, 4) is 78.3 Å². The lowest BCUT2D eigenvalue weighted by atomic mass is 9.89. The Kier molecular flexibility index (Phi) is 8.87. The maximum atomic E-state index is 6.81. The van der Waals surface area contributed by atoms with E-state index in [2.05, 4.69) is 241 Å². The number of fused-ring (bicyclic) bond motifs is 6. The number of nitrogens with zero attached hydrogens (tertiary/aromatic N) is 1. The minimum Gasteiger partial charge on any atom is -0.456 e. The molecule has 0 atom stereocenters. The van der Waals surface area contributed by atoms with E-state index < -0.39 is 0 Å². The molecule has 0 aliphatic carbocycles. The van der Waals surface area contributed by atoms with Crippen molar-refractivity contribution in [1.82, 2.24) is 0 Å². The van der Waals surface area contributed by atoms with Crippen LogP contribution in [0.3, 0.4) is 0 Å². The first kappa shape index (κ1) is 35.2. The second-order valence-corrected chi connectivity index (χ2v) is 15.3. The summed E-state index contributed by atoms with van der Waals surface area (Å²) >= 11 is 0. The van der Waals surface area contributed by atoms with E-state index in [0.717, 1.165) is 61.9 Å². The zero-order chi connectivity index (χ0) is 39.8. The minimum atomic E-state index is 0.849. The monoisotopic (exact) mass is 765 g/mol. The lowest BCUT2D eigenvalue weighted by molar-refractivity contribution is 0.488. The molecule has 0 spiro atoms. The largest absolute Gasteiger partial charge is 0.456 e. The molecule has 11 rings (SSSR count). The van der Waals surface area contributed by atoms with Crippen LogP contribution in [0.15, 0.2) is 237 Å². The van der Waals surface area contributed by atoms with Gasteiger partial charge in [0.25, 0.3) is 0 Å². The number of ether oxygens (including phenoxy) is 1. The number of hydrogen-bond donors (Lipinski definition) is 0. The molecule has 0 bridgehead atoms. The molecule has 2 heteroatoms. The predicted octanol–water partition coefficient (Wildman–Crippen LogP) is 16.4. The third kappa shape index (κ3) is 6.61. The lowest BCUT2D eigenvalue weighted by Gasteiger charge is -2.26. The van der Waals surface area contributed by atoms with E-state index in [4.69, 9.17) is 4.74 Å². The summed E-state index contributed by atoms with van der Waals surface area (Å²) in [5.74, 6) is 1.71. The summed E-state index contributed by atoms with van der Waals surface area (Å²) in [5.41, 5.74) is 17.2. The standard InChI is InChI=1S/C58H39NO/c1-4-12-40(13-5-1)43-20-28-50(29-21-43)59(51-30-22-44(23-31-51)41-14-6-2-7-15-41)52-32-24-45(25-33-52)49-27-35-58-56(39-49)54-37-47-19-11-10-18-46(47)36-53(54)55-38-48(26-34-57(55)60-58)42-16-8-3-9-17-42/h1-39H. The molecular formula is C58H39NO. The van der Waals surface area contributed by atoms with E-state index in [-0.39, 0.29) is 0 Å². The van der Waals surface area contributed by atoms with Crippen LogP contribution in [0.1, 0.15) is 0 Å². The molecule has 60 heavy (non-hydrogen) atoms. The van der Waals surface area contributed by atoms with Gasteiger partial charge in [-0.3, -0.25) is 0 Å². The maximum Gasteiger partial charge on any atom is 0.135 e. The molecule has 10 aromatic carbocycles. The molecule has 0 saturated carbocycles. The van der Waals surface area contributed by atoms with Crippen molar-refractivity contribution in [2.75, 3.05) is 4.90 Å². The smallest absolute Gasteiger partial charge is 0.135 e. The second kappa shape index (κ2) is 15.1. The van der Waals surface area contributed by atoms with Crippen LogP contribution in [0.2, 0.25) is 0 Å². The fourth-order valence-electron chi connectivity index (χ4n) is 8.57. The summed E-state index contributed by atoms with van der Waals surface area (Å²) in [6.45, 7) is 0. The highest BCUT2D eigenvalue weighted by Crippen LogP contribution is 2.50. The van der Waals surface area contributed by atoms with E-state index in [0.29, 0.717) is 0 Å². The van der Waals surface area contributed by atoms with Crippen molar-refractivity contribution < 1.29 is 4.74 Å². The van der Waals surface area contributed by atoms with E-state index in [1.807, 2.05) is 0 Å². The van der Waals surface area contributed by atoms with Crippen LogP contribution in [0.4, 0.5) is 17.1 Å². The van der Waals surface area contributed by atoms with Crippen LogP contribution in [-0.4, -0.2) is 0 Å². The van der Waals surface area contributed by atoms with Gasteiger partial charge < -0.3 is 9.64 Å². The molecule has 1 aliphatic heterocycles. The number of anilines is 3. The Bertz CT molecular complexity index is 3040. The molecule has 0 aromatic heterocycles. The first-order valence-corrected chi connectivity index (χ1v) is 20.5. The highest BCUT2D eigenvalue weighted by molar-refractivity contribution is 6.01. The van der Waals surface area contributed by atoms with Crippen molar-refractivity contribution in [1.29, 1.82) is 0 Å². The van der Waals surface area contributed by atoms with E-state index in [1.54, 1.807) is 0 Å². The van der Waals surface area contributed by atoms with Gasteiger partial charge in [0.05, 0.1) is 0 Å². The zero-order valence-corrected chi connectivity index (χ0v) is 32.9. The number of hydrogen-bond acceptors (Lipinski definition) is 2. The number of rotatable bonds is 7. The molecule has 0 fully saturated rings. The third-order valence-electron chi connectivity index (χ3n) is 11.7. The van der Waals surface area contributed by atoms with Gasteiger partial charge in [0.15, 0.2) is 0 Å². The van der Waals surface area contributed by atoms with Gasteiger partial charge in [-0.15, -0.1) is 0 Å². The second-order valence-electron chi connectivity index (χ2n) is 15.3. The molecule has 10 aromatic rings. The highest BCUT2D eigenvalue weighted by Gasteiger charge is 2.23. The quantitative estimate of drug-likeness (QED) is 0.160. The summed E-state index contributed by atoms with van der Waals surface area (Å²) in [6.07, 6.45) is 0. The van der Waals surface area contributed by atoms with E-state index >= 15 is 0 Å². The topological polar surface area (TPSA) is 12.5 Å². The van der Waals surface area contributed by atoms with Crippen LogP contribution < -0.4 is 9.64 Å². The average molecular weight is 766 g/mol. The Balaban J connectivity index is 0.983. The van der Waals surface area contributed by atoms with Crippen molar-refractivity contribution in [3.63, 3.8) is 0 Å². The Morgan fingerprint density at radius 1 is 0.233 bits per heavy atom. The van der Waals surface area contributed by atoms with Gasteiger partial charge >= 0.3 is 0 Å². The van der Waals surface area contributed by atoms with Crippen LogP contribution >= 0.6 is 0 Å². The summed E-state index contributed by atoms with van der Waals surface area (Å²) in [6, 6.07) is 84.7. The zero-order valence-electron chi connectivity index (χ0n) is 32.9. The SMILES string of the molecule is c1ccc(-c2ccc(N(c3ccc(-c4ccccc4)cc3)c3ccc(-c4ccc5c(c4)-c4cc6ccccc6cc4-c4cc(-c6ccccc6)ccc4O5)cc3)cc2)cc1. The molecular weight excluding hydrogens is 727 g/mol. The first-order chi connectivity index (χ1) is 29.7. The molecule has 1 heterocycles. The van der Waals surface area contributed by atoms with Crippen LogP contribution in [0, 0.1) is 0 Å². The van der Waals surface area contributed by atoms with E-state index in [9.17, 15) is 0 Å². The number of benzene rings is 10. The molecule has 0 radical (unpaired) electrons. The molecule has 0 N–H and O–H groups in total. The Hall–Kier alpha value is -7.94. The third-order valence-corrected chi connectivity index (χ3v) is 11.7. The van der Waals surface area contributed by atoms with Gasteiger partial charge in [0.1, 0.15) is 11.5 Å². The molecule has 1 aliphatic rings. The van der Waals surface area contributed by atoms with Crippen molar-refractivity contribution in [2.24, 2.45) is 0 Å². The molecule has 282 valence electrons. The Labute approximate surface area is 350 Å². The van der Waals surface area contributed by atoms with Gasteiger partial charge in [-0.1, -0.05) is 164 Å². The maximum absolute atomic E-state index is 6.81. The van der Waals surface area contributed by atoms with Crippen LogP contribution in [0.5, 0.6) is 11.5 Å². The summed E-state index contributed by atoms with van der Waals surface area (Å²) in [4.78, 5) is 2.33. The predicted molar refractivity (Wildman–Crippen MR) is 251 cm³/mol. The fraction of sp³-hybridized carbons (Fsp3) is 0. The van der Waals surface area contributed by atoms with Crippen molar-refractivity contribution in [3.05, 3.63) is 237 Å². The normalized spacial score (nSPS) is 11.5.